The van der Waals surface area contributed by atoms with Gasteiger partial charge in [-0.1, -0.05) is 24.9 Å². The summed E-state index contributed by atoms with van der Waals surface area (Å²) in [4.78, 5) is 4.47. The van der Waals surface area contributed by atoms with E-state index in [9.17, 15) is 4.39 Å². The van der Waals surface area contributed by atoms with Crippen molar-refractivity contribution in [1.29, 1.82) is 0 Å². The Morgan fingerprint density at radius 3 is 3.00 bits per heavy atom. The normalized spacial score (nSPS) is 10.6. The number of unbranched alkanes of at least 4 members (excludes halogenated alkanes) is 1. The number of aryl methyl sites for hydroxylation is 1. The quantitative estimate of drug-likeness (QED) is 0.834. The number of hydrogen-bond donors (Lipinski definition) is 1. The van der Waals surface area contributed by atoms with Gasteiger partial charge in [0, 0.05) is 11.1 Å². The molecule has 0 aliphatic carbocycles. The number of hydrogen-bond acceptors (Lipinski definition) is 3. The van der Waals surface area contributed by atoms with Crippen LogP contribution in [0.15, 0.2) is 23.6 Å². The van der Waals surface area contributed by atoms with E-state index in [2.05, 4.69) is 17.2 Å². The Hall–Kier alpha value is -1.13. The van der Waals surface area contributed by atoms with Crippen LogP contribution in [0.2, 0.25) is 5.02 Å². The van der Waals surface area contributed by atoms with E-state index in [0.29, 0.717) is 0 Å². The van der Waals surface area contributed by atoms with E-state index in [1.54, 1.807) is 23.5 Å². The highest BCUT2D eigenvalue weighted by Crippen LogP contribution is 2.25. The molecule has 0 atom stereocenters. The van der Waals surface area contributed by atoms with E-state index in [1.807, 2.05) is 5.38 Å². The molecule has 0 spiro atoms. The minimum absolute atomic E-state index is 0.114. The van der Waals surface area contributed by atoms with Crippen molar-refractivity contribution in [1.82, 2.24) is 4.98 Å². The van der Waals surface area contributed by atoms with Crippen LogP contribution in [0.3, 0.4) is 0 Å². The first-order valence-corrected chi connectivity index (χ1v) is 7.11. The fraction of sp³-hybridized carbons (Fsp3) is 0.308. The minimum Gasteiger partial charge on any atom is -0.331 e. The van der Waals surface area contributed by atoms with Crippen molar-refractivity contribution in [2.45, 2.75) is 26.2 Å². The molecule has 18 heavy (non-hydrogen) atoms. The molecule has 0 saturated heterocycles. The maximum absolute atomic E-state index is 13.0. The van der Waals surface area contributed by atoms with Crippen molar-refractivity contribution in [2.24, 2.45) is 0 Å². The Balaban J connectivity index is 2.04. The minimum atomic E-state index is -0.412. The van der Waals surface area contributed by atoms with E-state index in [-0.39, 0.29) is 5.02 Å². The van der Waals surface area contributed by atoms with Gasteiger partial charge in [0.1, 0.15) is 5.82 Å². The summed E-state index contributed by atoms with van der Waals surface area (Å²) in [6.45, 7) is 2.16. The second kappa shape index (κ2) is 6.16. The molecule has 0 saturated carbocycles. The molecule has 1 aromatic carbocycles. The first-order valence-electron chi connectivity index (χ1n) is 5.85. The zero-order chi connectivity index (χ0) is 13.0. The van der Waals surface area contributed by atoms with Gasteiger partial charge >= 0.3 is 0 Å². The van der Waals surface area contributed by atoms with Crippen molar-refractivity contribution in [3.05, 3.63) is 40.1 Å². The second-order valence-corrected chi connectivity index (χ2v) is 5.27. The molecule has 0 radical (unpaired) electrons. The number of rotatable bonds is 5. The van der Waals surface area contributed by atoms with Crippen LogP contribution < -0.4 is 5.32 Å². The topological polar surface area (TPSA) is 24.9 Å². The van der Waals surface area contributed by atoms with Gasteiger partial charge in [-0.2, -0.15) is 0 Å². The zero-order valence-corrected chi connectivity index (χ0v) is 11.6. The number of aromatic nitrogens is 1. The van der Waals surface area contributed by atoms with Crippen molar-refractivity contribution < 1.29 is 4.39 Å². The van der Waals surface area contributed by atoms with Gasteiger partial charge in [0.2, 0.25) is 0 Å². The van der Waals surface area contributed by atoms with E-state index in [0.717, 1.165) is 35.8 Å². The monoisotopic (exact) mass is 284 g/mol. The predicted octanol–water partition coefficient (Wildman–Crippen LogP) is 5.02. The van der Waals surface area contributed by atoms with Crippen LogP contribution in [0.1, 0.15) is 25.5 Å². The van der Waals surface area contributed by atoms with Gasteiger partial charge in [0.05, 0.1) is 10.7 Å². The van der Waals surface area contributed by atoms with Crippen LogP contribution in [0.5, 0.6) is 0 Å². The lowest BCUT2D eigenvalue weighted by Gasteiger charge is -2.03. The van der Waals surface area contributed by atoms with Gasteiger partial charge in [-0.25, -0.2) is 9.37 Å². The number of nitrogens with zero attached hydrogens (tertiary/aromatic N) is 1. The van der Waals surface area contributed by atoms with Gasteiger partial charge in [-0.3, -0.25) is 0 Å². The highest BCUT2D eigenvalue weighted by Gasteiger charge is 2.04. The highest BCUT2D eigenvalue weighted by atomic mass is 35.5. The fourth-order valence-corrected chi connectivity index (χ4v) is 2.48. The molecular weight excluding hydrogens is 271 g/mol. The van der Waals surface area contributed by atoms with Crippen molar-refractivity contribution in [2.75, 3.05) is 5.32 Å². The molecule has 0 unspecified atom stereocenters. The van der Waals surface area contributed by atoms with Crippen LogP contribution >= 0.6 is 22.9 Å². The number of halogens is 2. The SMILES string of the molecule is CCCCc1csc(Nc2ccc(F)c(Cl)c2)n1. The highest BCUT2D eigenvalue weighted by molar-refractivity contribution is 7.13. The summed E-state index contributed by atoms with van der Waals surface area (Å²) in [6, 6.07) is 4.55. The summed E-state index contributed by atoms with van der Waals surface area (Å²) < 4.78 is 13.0. The maximum Gasteiger partial charge on any atom is 0.187 e. The largest absolute Gasteiger partial charge is 0.331 e. The smallest absolute Gasteiger partial charge is 0.187 e. The van der Waals surface area contributed by atoms with Crippen LogP contribution in [-0.2, 0) is 6.42 Å². The van der Waals surface area contributed by atoms with Crippen LogP contribution in [0.25, 0.3) is 0 Å². The van der Waals surface area contributed by atoms with Crippen LogP contribution in [0.4, 0.5) is 15.2 Å². The van der Waals surface area contributed by atoms with Gasteiger partial charge in [0.25, 0.3) is 0 Å². The van der Waals surface area contributed by atoms with Crippen molar-refractivity contribution in [3.8, 4) is 0 Å². The van der Waals surface area contributed by atoms with E-state index < -0.39 is 5.82 Å². The predicted molar refractivity (Wildman–Crippen MR) is 75.4 cm³/mol. The van der Waals surface area contributed by atoms with Crippen molar-refractivity contribution in [3.63, 3.8) is 0 Å². The first kappa shape index (κ1) is 13.3. The van der Waals surface area contributed by atoms with Gasteiger partial charge in [-0.15, -0.1) is 11.3 Å². The number of thiazole rings is 1. The molecule has 5 heteroatoms. The lowest BCUT2D eigenvalue weighted by molar-refractivity contribution is 0.628. The Kier molecular flexibility index (Phi) is 4.55. The molecule has 0 aliphatic rings. The van der Waals surface area contributed by atoms with Gasteiger partial charge < -0.3 is 5.32 Å². The van der Waals surface area contributed by atoms with Crippen LogP contribution in [-0.4, -0.2) is 4.98 Å². The second-order valence-electron chi connectivity index (χ2n) is 4.00. The zero-order valence-electron chi connectivity index (χ0n) is 10.0. The third kappa shape index (κ3) is 3.43. The summed E-state index contributed by atoms with van der Waals surface area (Å²) in [5.41, 5.74) is 1.84. The molecule has 96 valence electrons. The van der Waals surface area contributed by atoms with E-state index in [1.165, 1.54) is 6.07 Å². The number of nitrogens with one attached hydrogen (secondary N) is 1. The molecule has 0 bridgehead atoms. The lowest BCUT2D eigenvalue weighted by Crippen LogP contribution is -1.91. The summed E-state index contributed by atoms with van der Waals surface area (Å²) in [5, 5.41) is 6.09. The van der Waals surface area contributed by atoms with E-state index >= 15 is 0 Å². The molecule has 1 aromatic heterocycles. The molecular formula is C13H14ClFN2S. The van der Waals surface area contributed by atoms with E-state index in [4.69, 9.17) is 11.6 Å². The molecule has 1 N–H and O–H groups in total. The summed E-state index contributed by atoms with van der Waals surface area (Å²) >= 11 is 7.27. The summed E-state index contributed by atoms with van der Waals surface area (Å²) in [5.74, 6) is -0.412. The molecule has 0 fully saturated rings. The first-order chi connectivity index (χ1) is 8.69. The Morgan fingerprint density at radius 1 is 1.44 bits per heavy atom. The Bertz CT molecular complexity index is 527. The number of anilines is 2. The Labute approximate surface area is 115 Å². The summed E-state index contributed by atoms with van der Waals surface area (Å²) in [7, 11) is 0. The Morgan fingerprint density at radius 2 is 2.28 bits per heavy atom. The lowest BCUT2D eigenvalue weighted by atomic mass is 10.2. The molecule has 0 aliphatic heterocycles. The average Bonchev–Trinajstić information content (AvgIpc) is 2.79. The number of benzene rings is 1. The van der Waals surface area contributed by atoms with Gasteiger partial charge in [0.15, 0.2) is 5.13 Å². The summed E-state index contributed by atoms with van der Waals surface area (Å²) in [6.07, 6.45) is 3.30. The third-order valence-electron chi connectivity index (χ3n) is 2.51. The maximum atomic E-state index is 13.0. The molecule has 1 heterocycles. The standard InChI is InChI=1S/C13H14ClFN2S/c1-2-3-4-10-8-18-13(17-10)16-9-5-6-12(15)11(14)7-9/h5-8H,2-4H2,1H3,(H,16,17). The molecule has 2 rings (SSSR count). The molecule has 0 amide bonds. The molecule has 2 aromatic rings. The van der Waals surface area contributed by atoms with Gasteiger partial charge in [-0.05, 0) is 31.0 Å². The third-order valence-corrected chi connectivity index (χ3v) is 3.61. The van der Waals surface area contributed by atoms with Crippen molar-refractivity contribution >= 4 is 33.8 Å². The van der Waals surface area contributed by atoms with Crippen LogP contribution in [0, 0.1) is 5.82 Å². The molecule has 2 nitrogen and oxygen atoms in total. The fourth-order valence-electron chi connectivity index (χ4n) is 1.53. The average molecular weight is 285 g/mol.